The van der Waals surface area contributed by atoms with Gasteiger partial charge >= 0.3 is 5.97 Å². The molecule has 1 N–H and O–H groups in total. The van der Waals surface area contributed by atoms with Crippen molar-refractivity contribution < 1.29 is 23.1 Å². The first-order valence-electron chi connectivity index (χ1n) is 6.37. The maximum absolute atomic E-state index is 13.4. The molecule has 23 heavy (non-hydrogen) atoms. The highest BCUT2D eigenvalue weighted by molar-refractivity contribution is 8.00. The number of benzene rings is 1. The number of carbonyl (C=O) groups excluding carboxylic acids is 2. The fraction of sp³-hybridized carbons (Fsp3) is 0.214. The van der Waals surface area contributed by atoms with Gasteiger partial charge in [0, 0.05) is 10.3 Å². The molecule has 0 aliphatic carbocycles. The van der Waals surface area contributed by atoms with Gasteiger partial charge in [0.2, 0.25) is 5.91 Å². The van der Waals surface area contributed by atoms with Crippen molar-refractivity contribution in [1.82, 2.24) is 4.98 Å². The Hall–Kier alpha value is -2.00. The van der Waals surface area contributed by atoms with Gasteiger partial charge in [0.1, 0.15) is 11.6 Å². The third-order valence-corrected chi connectivity index (χ3v) is 4.44. The molecule has 122 valence electrons. The fourth-order valence-corrected chi connectivity index (χ4v) is 3.04. The van der Waals surface area contributed by atoms with Gasteiger partial charge in [-0.1, -0.05) is 0 Å². The quantitative estimate of drug-likeness (QED) is 0.635. The minimum absolute atomic E-state index is 0.0200. The molecule has 0 unspecified atom stereocenters. The largest absolute Gasteiger partial charge is 0.469 e. The van der Waals surface area contributed by atoms with E-state index in [0.29, 0.717) is 10.8 Å². The lowest BCUT2D eigenvalue weighted by molar-refractivity contribution is -0.139. The van der Waals surface area contributed by atoms with Crippen LogP contribution >= 0.6 is 23.1 Å². The lowest BCUT2D eigenvalue weighted by atomic mass is 10.3. The molecule has 0 saturated heterocycles. The number of rotatable bonds is 6. The number of thioether (sulfide) groups is 1. The molecule has 1 aromatic carbocycles. The molecule has 0 spiro atoms. The second-order valence-corrected chi connectivity index (χ2v) is 6.18. The maximum Gasteiger partial charge on any atom is 0.311 e. The Morgan fingerprint density at radius 3 is 2.91 bits per heavy atom. The normalized spacial score (nSPS) is 10.4. The van der Waals surface area contributed by atoms with Crippen LogP contribution in [0.15, 0.2) is 28.5 Å². The van der Waals surface area contributed by atoms with Crippen molar-refractivity contribution in [3.63, 3.8) is 0 Å². The molecule has 1 amide bonds. The van der Waals surface area contributed by atoms with E-state index < -0.39 is 23.5 Å². The van der Waals surface area contributed by atoms with Crippen LogP contribution in [0.1, 0.15) is 5.69 Å². The van der Waals surface area contributed by atoms with Gasteiger partial charge < -0.3 is 10.1 Å². The molecule has 0 saturated carbocycles. The Morgan fingerprint density at radius 1 is 1.39 bits per heavy atom. The van der Waals surface area contributed by atoms with E-state index in [4.69, 9.17) is 0 Å². The van der Waals surface area contributed by atoms with E-state index >= 15 is 0 Å². The zero-order valence-corrected chi connectivity index (χ0v) is 13.6. The Labute approximate surface area is 139 Å². The van der Waals surface area contributed by atoms with E-state index in [1.54, 1.807) is 5.38 Å². The Balaban J connectivity index is 1.87. The number of halogens is 2. The van der Waals surface area contributed by atoms with Crippen molar-refractivity contribution in [3.05, 3.63) is 40.9 Å². The van der Waals surface area contributed by atoms with Crippen LogP contribution in [0.25, 0.3) is 0 Å². The average molecular weight is 358 g/mol. The van der Waals surface area contributed by atoms with Crippen LogP contribution < -0.4 is 5.32 Å². The number of carbonyl (C=O) groups is 2. The number of aromatic nitrogens is 1. The van der Waals surface area contributed by atoms with Crippen LogP contribution in [0, 0.1) is 11.6 Å². The minimum atomic E-state index is -0.584. The summed E-state index contributed by atoms with van der Waals surface area (Å²) in [7, 11) is 1.28. The number of hydrogen-bond acceptors (Lipinski definition) is 6. The number of nitrogens with zero attached hydrogens (tertiary/aromatic N) is 1. The summed E-state index contributed by atoms with van der Waals surface area (Å²) in [6, 6.07) is 3.05. The van der Waals surface area contributed by atoms with E-state index in [2.05, 4.69) is 15.0 Å². The van der Waals surface area contributed by atoms with Crippen molar-refractivity contribution in [1.29, 1.82) is 0 Å². The van der Waals surface area contributed by atoms with Crippen LogP contribution in [0.5, 0.6) is 0 Å². The standard InChI is InChI=1S/C14H12F2N2O3S2/c1-21-13(20)5-9-6-23-14(17-9)18-12(19)7-22-11-4-8(15)2-3-10(11)16/h2-4,6H,5,7H2,1H3,(H,17,18,19). The van der Waals surface area contributed by atoms with E-state index in [9.17, 15) is 18.4 Å². The first kappa shape index (κ1) is 17.4. The monoisotopic (exact) mass is 358 g/mol. The summed E-state index contributed by atoms with van der Waals surface area (Å²) >= 11 is 2.05. The molecule has 0 fully saturated rings. The van der Waals surface area contributed by atoms with Gasteiger partial charge in [0.15, 0.2) is 5.13 Å². The SMILES string of the molecule is COC(=O)Cc1csc(NC(=O)CSc2cc(F)ccc2F)n1. The molecule has 2 aromatic rings. The van der Waals surface area contributed by atoms with Crippen molar-refractivity contribution in [3.8, 4) is 0 Å². The molecule has 2 rings (SSSR count). The number of amides is 1. The number of methoxy groups -OCH3 is 1. The number of thiazole rings is 1. The van der Waals surface area contributed by atoms with E-state index in [1.165, 1.54) is 7.11 Å². The van der Waals surface area contributed by atoms with Gasteiger partial charge in [-0.15, -0.1) is 23.1 Å². The van der Waals surface area contributed by atoms with E-state index in [1.807, 2.05) is 0 Å². The lowest BCUT2D eigenvalue weighted by Gasteiger charge is -2.03. The number of ether oxygens (including phenoxy) is 1. The summed E-state index contributed by atoms with van der Waals surface area (Å²) in [6.45, 7) is 0. The topological polar surface area (TPSA) is 68.3 Å². The van der Waals surface area contributed by atoms with Crippen molar-refractivity contribution in [2.24, 2.45) is 0 Å². The van der Waals surface area contributed by atoms with Crippen LogP contribution in [-0.4, -0.2) is 29.7 Å². The molecule has 0 bridgehead atoms. The predicted octanol–water partition coefficient (Wildman–Crippen LogP) is 2.87. The Morgan fingerprint density at radius 2 is 2.17 bits per heavy atom. The van der Waals surface area contributed by atoms with Gasteiger partial charge in [-0.3, -0.25) is 9.59 Å². The molecule has 0 radical (unpaired) electrons. The summed E-state index contributed by atoms with van der Waals surface area (Å²) < 4.78 is 31.0. The molecular formula is C14H12F2N2O3S2. The summed E-state index contributed by atoms with van der Waals surface area (Å²) in [5.41, 5.74) is 0.487. The van der Waals surface area contributed by atoms with Gasteiger partial charge in [0.05, 0.1) is 25.0 Å². The summed E-state index contributed by atoms with van der Waals surface area (Å²) in [5, 5.41) is 4.50. The third kappa shape index (κ3) is 5.29. The highest BCUT2D eigenvalue weighted by atomic mass is 32.2. The number of hydrogen-bond donors (Lipinski definition) is 1. The van der Waals surface area contributed by atoms with Crippen molar-refractivity contribution >= 4 is 40.1 Å². The molecule has 5 nitrogen and oxygen atoms in total. The highest BCUT2D eigenvalue weighted by Gasteiger charge is 2.12. The molecule has 0 aliphatic heterocycles. The average Bonchev–Trinajstić information content (AvgIpc) is 2.95. The van der Waals surface area contributed by atoms with Crippen molar-refractivity contribution in [2.75, 3.05) is 18.2 Å². The van der Waals surface area contributed by atoms with Crippen LogP contribution in [0.2, 0.25) is 0 Å². The molecule has 1 aromatic heterocycles. The van der Waals surface area contributed by atoms with E-state index in [-0.39, 0.29) is 17.1 Å². The molecular weight excluding hydrogens is 346 g/mol. The fourth-order valence-electron chi connectivity index (χ4n) is 1.55. The van der Waals surface area contributed by atoms with Crippen molar-refractivity contribution in [2.45, 2.75) is 11.3 Å². The Bertz CT molecular complexity index is 722. The summed E-state index contributed by atoms with van der Waals surface area (Å²) in [5.74, 6) is -2.07. The third-order valence-electron chi connectivity index (χ3n) is 2.60. The van der Waals surface area contributed by atoms with Gasteiger partial charge in [-0.05, 0) is 18.2 Å². The second-order valence-electron chi connectivity index (χ2n) is 4.31. The minimum Gasteiger partial charge on any atom is -0.469 e. The first-order chi connectivity index (χ1) is 11.0. The van der Waals surface area contributed by atoms with Gasteiger partial charge in [-0.2, -0.15) is 0 Å². The smallest absolute Gasteiger partial charge is 0.311 e. The number of esters is 1. The van der Waals surface area contributed by atoms with Gasteiger partial charge in [0.25, 0.3) is 0 Å². The molecule has 0 atom stereocenters. The second kappa shape index (κ2) is 8.02. The van der Waals surface area contributed by atoms with E-state index in [0.717, 1.165) is 41.3 Å². The summed E-state index contributed by atoms with van der Waals surface area (Å²) in [4.78, 5) is 27.0. The maximum atomic E-state index is 13.4. The van der Waals surface area contributed by atoms with Crippen LogP contribution in [0.4, 0.5) is 13.9 Å². The zero-order chi connectivity index (χ0) is 16.8. The highest BCUT2D eigenvalue weighted by Crippen LogP contribution is 2.23. The van der Waals surface area contributed by atoms with Crippen LogP contribution in [0.3, 0.4) is 0 Å². The summed E-state index contributed by atoms with van der Waals surface area (Å²) in [6.07, 6.45) is 0.0200. The number of anilines is 1. The number of nitrogens with one attached hydrogen (secondary N) is 1. The zero-order valence-electron chi connectivity index (χ0n) is 12.0. The molecule has 0 aliphatic rings. The predicted molar refractivity (Wildman–Crippen MR) is 83.5 cm³/mol. The lowest BCUT2D eigenvalue weighted by Crippen LogP contribution is -2.14. The van der Waals surface area contributed by atoms with Crippen LogP contribution in [-0.2, 0) is 20.7 Å². The molecule has 9 heteroatoms. The first-order valence-corrected chi connectivity index (χ1v) is 8.23. The van der Waals surface area contributed by atoms with Gasteiger partial charge in [-0.25, -0.2) is 13.8 Å². The Kier molecular flexibility index (Phi) is 6.05. The molecule has 1 heterocycles.